The minimum atomic E-state index is -2.24. The number of hydrogen-bond acceptors (Lipinski definition) is 20. The number of nitrogens with two attached hydrogens (primary N) is 1. The Labute approximate surface area is 313 Å². The lowest BCUT2D eigenvalue weighted by atomic mass is 9.97. The van der Waals surface area contributed by atoms with E-state index in [1.807, 2.05) is 0 Å². The standard InChI is InChI=1S/C35H38N2O19/c36-20-2-1-11(10-37-20)5-14-18(9-19-21(23(14)42)15(39)8-17(52-19)13-6-12(3-4-38)22(41)16(40)7-13)53-34-28(47)25(44)27(46)31(55-34)33(51)56-35-29(48)24(43)26(45)30(54-35)32(49)50/h1-2,6-10,20,24-31,34-35,37-38,40-48H,3-5,36H2,(H,49,50). The number of rotatable bonds is 10. The van der Waals surface area contributed by atoms with Crippen molar-refractivity contribution in [2.45, 2.75) is 80.4 Å². The van der Waals surface area contributed by atoms with Crippen LogP contribution in [0.2, 0.25) is 0 Å². The minimum absolute atomic E-state index is 0.0712. The van der Waals surface area contributed by atoms with Gasteiger partial charge in [-0.25, -0.2) is 9.59 Å². The zero-order chi connectivity index (χ0) is 40.7. The van der Waals surface area contributed by atoms with Gasteiger partial charge >= 0.3 is 11.9 Å². The second-order valence-electron chi connectivity index (χ2n) is 13.2. The van der Waals surface area contributed by atoms with Crippen molar-refractivity contribution >= 4 is 22.9 Å². The number of phenols is 3. The number of dihydropyridines is 1. The monoisotopic (exact) mass is 790 g/mol. The summed E-state index contributed by atoms with van der Waals surface area (Å²) in [6.45, 7) is -0.392. The molecule has 2 fully saturated rings. The third kappa shape index (κ3) is 7.72. The summed E-state index contributed by atoms with van der Waals surface area (Å²) in [4.78, 5) is 38.3. The lowest BCUT2D eigenvalue weighted by Crippen LogP contribution is -2.63. The highest BCUT2D eigenvalue weighted by Gasteiger charge is 2.52. The molecule has 11 atom stereocenters. The summed E-state index contributed by atoms with van der Waals surface area (Å²) in [6, 6.07) is 4.56. The molecule has 4 heterocycles. The van der Waals surface area contributed by atoms with Gasteiger partial charge in [-0.15, -0.1) is 0 Å². The molecule has 3 aliphatic heterocycles. The normalized spacial score (nSPS) is 30.4. The maximum absolute atomic E-state index is 13.5. The van der Waals surface area contributed by atoms with Gasteiger partial charge in [0.25, 0.3) is 0 Å². The van der Waals surface area contributed by atoms with Gasteiger partial charge in [0.15, 0.2) is 29.1 Å². The van der Waals surface area contributed by atoms with Crippen LogP contribution in [0.15, 0.2) is 57.4 Å². The van der Waals surface area contributed by atoms with Crippen LogP contribution in [0.1, 0.15) is 11.1 Å². The Morgan fingerprint density at radius 1 is 0.839 bits per heavy atom. The number of phenolic OH excluding ortho intramolecular Hbond substituents is 3. The molecule has 1 aromatic heterocycles. The number of allylic oxidation sites excluding steroid dienone is 2. The van der Waals surface area contributed by atoms with Gasteiger partial charge < -0.3 is 90.6 Å². The number of nitrogens with one attached hydrogen (secondary N) is 1. The number of carbonyl (C=O) groups is 2. The molecule has 0 amide bonds. The number of aliphatic hydroxyl groups excluding tert-OH is 7. The maximum atomic E-state index is 13.5. The Morgan fingerprint density at radius 3 is 2.14 bits per heavy atom. The van der Waals surface area contributed by atoms with E-state index in [4.69, 9.17) is 29.1 Å². The summed E-state index contributed by atoms with van der Waals surface area (Å²) in [5, 5.41) is 116. The first-order valence-electron chi connectivity index (χ1n) is 16.9. The molecule has 0 radical (unpaired) electrons. The smallest absolute Gasteiger partial charge is 0.340 e. The number of carbonyl (C=O) groups excluding carboxylic acids is 1. The first-order chi connectivity index (χ1) is 26.5. The Morgan fingerprint density at radius 2 is 1.50 bits per heavy atom. The summed E-state index contributed by atoms with van der Waals surface area (Å²) >= 11 is 0. The van der Waals surface area contributed by atoms with Gasteiger partial charge in [-0.1, -0.05) is 6.08 Å². The molecule has 0 spiro atoms. The molecular weight excluding hydrogens is 752 g/mol. The number of benzene rings is 2. The van der Waals surface area contributed by atoms with Crippen molar-refractivity contribution in [3.63, 3.8) is 0 Å². The number of hydrogen-bond donors (Lipinski definition) is 13. The van der Waals surface area contributed by atoms with E-state index in [1.54, 1.807) is 12.2 Å². The average molecular weight is 791 g/mol. The fourth-order valence-corrected chi connectivity index (χ4v) is 6.31. The summed E-state index contributed by atoms with van der Waals surface area (Å²) < 4.78 is 27.3. The van der Waals surface area contributed by atoms with E-state index in [0.717, 1.165) is 18.2 Å². The zero-order valence-corrected chi connectivity index (χ0v) is 28.8. The van der Waals surface area contributed by atoms with E-state index in [0.29, 0.717) is 5.57 Å². The first kappa shape index (κ1) is 40.3. The fraction of sp³-hybridized carbons (Fsp3) is 0.400. The quantitative estimate of drug-likeness (QED) is 0.0703. The van der Waals surface area contributed by atoms with Crippen LogP contribution in [-0.2, 0) is 36.6 Å². The molecule has 14 N–H and O–H groups in total. The second-order valence-corrected chi connectivity index (χ2v) is 13.2. The molecule has 3 aliphatic rings. The number of aliphatic carboxylic acids is 1. The highest BCUT2D eigenvalue weighted by Crippen LogP contribution is 2.41. The van der Waals surface area contributed by atoms with E-state index in [-0.39, 0.29) is 52.0 Å². The third-order valence-corrected chi connectivity index (χ3v) is 9.34. The van der Waals surface area contributed by atoms with Gasteiger partial charge in [-0.3, -0.25) is 4.79 Å². The molecule has 2 saturated heterocycles. The van der Waals surface area contributed by atoms with Crippen LogP contribution < -0.4 is 21.2 Å². The molecule has 6 rings (SSSR count). The first-order valence-corrected chi connectivity index (χ1v) is 16.9. The van der Waals surface area contributed by atoms with Crippen molar-refractivity contribution in [2.24, 2.45) is 5.73 Å². The number of carboxylic acids is 1. The molecule has 0 bridgehead atoms. The minimum Gasteiger partial charge on any atom is -0.507 e. The van der Waals surface area contributed by atoms with Crippen molar-refractivity contribution in [3.05, 3.63) is 69.5 Å². The van der Waals surface area contributed by atoms with Crippen LogP contribution in [0.3, 0.4) is 0 Å². The van der Waals surface area contributed by atoms with Gasteiger partial charge in [-0.2, -0.15) is 0 Å². The molecule has 0 aliphatic carbocycles. The summed E-state index contributed by atoms with van der Waals surface area (Å²) in [5.41, 5.74) is 5.32. The predicted molar refractivity (Wildman–Crippen MR) is 183 cm³/mol. The van der Waals surface area contributed by atoms with Crippen molar-refractivity contribution in [2.75, 3.05) is 6.61 Å². The van der Waals surface area contributed by atoms with Crippen molar-refractivity contribution in [1.82, 2.24) is 5.32 Å². The molecular formula is C35H38N2O19. The van der Waals surface area contributed by atoms with Gasteiger partial charge in [0, 0.05) is 48.1 Å². The fourth-order valence-electron chi connectivity index (χ4n) is 6.31. The molecule has 11 unspecified atom stereocenters. The Balaban J connectivity index is 1.37. The van der Waals surface area contributed by atoms with Crippen molar-refractivity contribution < 1.29 is 89.1 Å². The van der Waals surface area contributed by atoms with E-state index in [2.05, 4.69) is 5.32 Å². The Hall–Kier alpha value is -5.33. The summed E-state index contributed by atoms with van der Waals surface area (Å²) in [6.07, 6.45) is -17.8. The Bertz CT molecular complexity index is 2120. The van der Waals surface area contributed by atoms with Crippen LogP contribution in [-0.4, -0.2) is 142 Å². The van der Waals surface area contributed by atoms with Crippen LogP contribution >= 0.6 is 0 Å². The average Bonchev–Trinajstić information content (AvgIpc) is 3.15. The Kier molecular flexibility index (Phi) is 11.5. The van der Waals surface area contributed by atoms with Crippen molar-refractivity contribution in [1.29, 1.82) is 0 Å². The van der Waals surface area contributed by atoms with E-state index >= 15 is 0 Å². The largest absolute Gasteiger partial charge is 0.507 e. The number of esters is 1. The van der Waals surface area contributed by atoms with Gasteiger partial charge in [0.2, 0.25) is 12.6 Å². The SMILES string of the molecule is NC1C=CC(Cc2c(OC3OC(C(=O)OC4OC(C(=O)O)C(O)C(O)C4O)C(O)C(O)C3O)cc3oc(-c4cc(O)c(O)c(CCO)c4)cc(=O)c3c2O)=CN1. The molecule has 56 heavy (non-hydrogen) atoms. The highest BCUT2D eigenvalue weighted by molar-refractivity contribution is 5.88. The van der Waals surface area contributed by atoms with Gasteiger partial charge in [0.1, 0.15) is 64.9 Å². The molecule has 21 heteroatoms. The topological polar surface area (TPSA) is 362 Å². The van der Waals surface area contributed by atoms with Gasteiger partial charge in [-0.05, 0) is 30.2 Å². The molecule has 3 aromatic rings. The van der Waals surface area contributed by atoms with Crippen LogP contribution in [0, 0.1) is 0 Å². The third-order valence-electron chi connectivity index (χ3n) is 9.34. The number of aliphatic hydroxyl groups is 7. The summed E-state index contributed by atoms with van der Waals surface area (Å²) in [7, 11) is 0. The lowest BCUT2D eigenvalue weighted by Gasteiger charge is -2.41. The van der Waals surface area contributed by atoms with Crippen LogP contribution in [0.25, 0.3) is 22.3 Å². The van der Waals surface area contributed by atoms with E-state index in [1.165, 1.54) is 12.3 Å². The number of carboxylic acid groups (broad SMARTS) is 1. The summed E-state index contributed by atoms with van der Waals surface area (Å²) in [5.74, 6) is -5.69. The maximum Gasteiger partial charge on any atom is 0.340 e. The number of ether oxygens (including phenoxy) is 4. The van der Waals surface area contributed by atoms with Crippen molar-refractivity contribution in [3.8, 4) is 34.3 Å². The highest BCUT2D eigenvalue weighted by atomic mass is 16.7. The molecule has 21 nitrogen and oxygen atoms in total. The number of fused-ring (bicyclic) bond motifs is 1. The molecule has 2 aromatic carbocycles. The second kappa shape index (κ2) is 16.0. The predicted octanol–water partition coefficient (Wildman–Crippen LogP) is -3.40. The van der Waals surface area contributed by atoms with E-state index < -0.39 is 109 Å². The molecule has 0 saturated carbocycles. The van der Waals surface area contributed by atoms with Crippen LogP contribution in [0.5, 0.6) is 23.0 Å². The number of aromatic hydroxyl groups is 3. The zero-order valence-electron chi connectivity index (χ0n) is 28.8. The van der Waals surface area contributed by atoms with Gasteiger partial charge in [0.05, 0.1) is 6.17 Å². The lowest BCUT2D eigenvalue weighted by molar-refractivity contribution is -0.302. The molecule has 302 valence electrons. The van der Waals surface area contributed by atoms with Crippen LogP contribution in [0.4, 0.5) is 0 Å². The van der Waals surface area contributed by atoms with E-state index in [9.17, 15) is 70.6 Å².